The lowest BCUT2D eigenvalue weighted by molar-refractivity contribution is 0.0451. The summed E-state index contributed by atoms with van der Waals surface area (Å²) in [4.78, 5) is 11.8. The Kier molecular flexibility index (Phi) is 5.31. The van der Waals surface area contributed by atoms with E-state index in [4.69, 9.17) is 4.74 Å². The molecule has 1 atom stereocenters. The van der Waals surface area contributed by atoms with Gasteiger partial charge in [0.15, 0.2) is 5.69 Å². The number of hydrogen-bond donors (Lipinski definition) is 0. The molecule has 0 saturated carbocycles. The maximum absolute atomic E-state index is 11.8. The van der Waals surface area contributed by atoms with Crippen molar-refractivity contribution < 1.29 is 9.53 Å². The van der Waals surface area contributed by atoms with Crippen LogP contribution in [0.15, 0.2) is 0 Å². The average molecular weight is 253 g/mol. The van der Waals surface area contributed by atoms with Crippen LogP contribution in [0, 0.1) is 12.8 Å². The molecule has 1 rings (SSSR count). The molecule has 0 radical (unpaired) electrons. The molecule has 0 aromatic carbocycles. The van der Waals surface area contributed by atoms with Gasteiger partial charge in [0.05, 0.1) is 18.3 Å². The van der Waals surface area contributed by atoms with Crippen molar-refractivity contribution in [1.82, 2.24) is 15.0 Å². The lowest BCUT2D eigenvalue weighted by Gasteiger charge is -2.11. The Bertz CT molecular complexity index is 399. The average Bonchev–Trinajstić information content (AvgIpc) is 2.68. The van der Waals surface area contributed by atoms with Gasteiger partial charge in [-0.3, -0.25) is 0 Å². The van der Waals surface area contributed by atoms with Gasteiger partial charge in [0.2, 0.25) is 0 Å². The number of aromatic nitrogens is 3. The number of carbonyl (C=O) groups is 1. The number of hydrogen-bond acceptors (Lipinski definition) is 4. The topological polar surface area (TPSA) is 57.0 Å². The van der Waals surface area contributed by atoms with Gasteiger partial charge >= 0.3 is 5.97 Å². The normalized spacial score (nSPS) is 12.8. The van der Waals surface area contributed by atoms with Gasteiger partial charge in [0, 0.05) is 0 Å². The summed E-state index contributed by atoms with van der Waals surface area (Å²) in [7, 11) is 0. The molecule has 0 bridgehead atoms. The summed E-state index contributed by atoms with van der Waals surface area (Å²) in [5, 5.41) is 7.98. The molecule has 1 unspecified atom stereocenters. The quantitative estimate of drug-likeness (QED) is 0.731. The largest absolute Gasteiger partial charge is 0.461 e. The van der Waals surface area contributed by atoms with Gasteiger partial charge in [-0.1, -0.05) is 32.4 Å². The van der Waals surface area contributed by atoms with Crippen LogP contribution in [-0.2, 0) is 4.74 Å². The van der Waals surface area contributed by atoms with E-state index in [0.717, 1.165) is 18.5 Å². The van der Waals surface area contributed by atoms with Crippen molar-refractivity contribution in [3.8, 4) is 0 Å². The zero-order valence-corrected chi connectivity index (χ0v) is 11.9. The van der Waals surface area contributed by atoms with Crippen molar-refractivity contribution in [2.75, 3.05) is 6.61 Å². The predicted molar refractivity (Wildman–Crippen MR) is 69.5 cm³/mol. The lowest BCUT2D eigenvalue weighted by Crippen LogP contribution is -2.13. The van der Waals surface area contributed by atoms with Crippen LogP contribution in [0.4, 0.5) is 0 Å². The Labute approximate surface area is 109 Å². The first kappa shape index (κ1) is 14.7. The minimum atomic E-state index is -0.379. The molecule has 0 aliphatic carbocycles. The summed E-state index contributed by atoms with van der Waals surface area (Å²) < 4.78 is 6.97. The molecule has 5 nitrogen and oxygen atoms in total. The van der Waals surface area contributed by atoms with Gasteiger partial charge in [-0.05, 0) is 26.2 Å². The number of carbonyl (C=O) groups excluding carboxylic acids is 1. The first-order valence-electron chi connectivity index (χ1n) is 6.56. The third-order valence-corrected chi connectivity index (χ3v) is 2.79. The van der Waals surface area contributed by atoms with Crippen LogP contribution >= 0.6 is 0 Å². The Morgan fingerprint density at radius 1 is 1.39 bits per heavy atom. The fourth-order valence-electron chi connectivity index (χ4n) is 1.80. The number of rotatable bonds is 6. The fraction of sp³-hybridized carbons (Fsp3) is 0.769. The molecule has 5 heteroatoms. The second-order valence-electron chi connectivity index (χ2n) is 5.10. The van der Waals surface area contributed by atoms with Crippen LogP contribution < -0.4 is 0 Å². The van der Waals surface area contributed by atoms with Crippen molar-refractivity contribution in [1.29, 1.82) is 0 Å². The highest BCUT2D eigenvalue weighted by molar-refractivity contribution is 5.88. The second-order valence-corrected chi connectivity index (χ2v) is 5.10. The molecule has 1 aromatic heterocycles. The Morgan fingerprint density at radius 2 is 2.06 bits per heavy atom. The SMILES string of the molecule is CCCC(C)n1nnc(C(=O)OCC(C)C)c1C. The lowest BCUT2D eigenvalue weighted by atomic mass is 10.2. The molecule has 18 heavy (non-hydrogen) atoms. The zero-order chi connectivity index (χ0) is 13.7. The van der Waals surface area contributed by atoms with Crippen LogP contribution in [0.5, 0.6) is 0 Å². The molecular formula is C13H23N3O2. The highest BCUT2D eigenvalue weighted by Gasteiger charge is 2.20. The van der Waals surface area contributed by atoms with Crippen molar-refractivity contribution in [3.63, 3.8) is 0 Å². The first-order chi connectivity index (χ1) is 8.47. The van der Waals surface area contributed by atoms with Gasteiger partial charge in [-0.25, -0.2) is 9.48 Å². The summed E-state index contributed by atoms with van der Waals surface area (Å²) in [6, 6.07) is 0.258. The Morgan fingerprint density at radius 3 is 2.61 bits per heavy atom. The third-order valence-electron chi connectivity index (χ3n) is 2.79. The first-order valence-corrected chi connectivity index (χ1v) is 6.56. The van der Waals surface area contributed by atoms with Gasteiger partial charge in [0.1, 0.15) is 0 Å². The molecule has 0 spiro atoms. The molecule has 0 aliphatic heterocycles. The highest BCUT2D eigenvalue weighted by Crippen LogP contribution is 2.16. The summed E-state index contributed by atoms with van der Waals surface area (Å²) in [5.41, 5.74) is 1.11. The van der Waals surface area contributed by atoms with Crippen LogP contribution in [0.3, 0.4) is 0 Å². The maximum Gasteiger partial charge on any atom is 0.360 e. The van der Waals surface area contributed by atoms with Crippen molar-refractivity contribution >= 4 is 5.97 Å². The molecule has 1 heterocycles. The zero-order valence-electron chi connectivity index (χ0n) is 11.9. The number of ether oxygens (including phenoxy) is 1. The van der Waals surface area contributed by atoms with E-state index in [0.29, 0.717) is 18.2 Å². The molecule has 1 aromatic rings. The van der Waals surface area contributed by atoms with Crippen LogP contribution in [-0.4, -0.2) is 27.6 Å². The van der Waals surface area contributed by atoms with Gasteiger partial charge in [-0.2, -0.15) is 0 Å². The number of nitrogens with zero attached hydrogens (tertiary/aromatic N) is 3. The summed E-state index contributed by atoms with van der Waals surface area (Å²) in [6.07, 6.45) is 2.10. The van der Waals surface area contributed by atoms with E-state index < -0.39 is 0 Å². The summed E-state index contributed by atoms with van der Waals surface area (Å²) in [6.45, 7) is 10.5. The molecular weight excluding hydrogens is 230 g/mol. The van der Waals surface area contributed by atoms with Gasteiger partial charge < -0.3 is 4.74 Å². The van der Waals surface area contributed by atoms with Crippen LogP contribution in [0.25, 0.3) is 0 Å². The van der Waals surface area contributed by atoms with Gasteiger partial charge in [0.25, 0.3) is 0 Å². The van der Waals surface area contributed by atoms with E-state index in [9.17, 15) is 4.79 Å². The van der Waals surface area contributed by atoms with Crippen molar-refractivity contribution in [3.05, 3.63) is 11.4 Å². The van der Waals surface area contributed by atoms with E-state index in [2.05, 4.69) is 24.2 Å². The minimum Gasteiger partial charge on any atom is -0.461 e. The molecule has 0 amide bonds. The summed E-state index contributed by atoms with van der Waals surface area (Å²) in [5.74, 6) is -0.0561. The molecule has 0 aliphatic rings. The third kappa shape index (κ3) is 3.55. The smallest absolute Gasteiger partial charge is 0.360 e. The maximum atomic E-state index is 11.8. The van der Waals surface area contributed by atoms with E-state index in [1.165, 1.54) is 0 Å². The standard InChI is InChI=1S/C13H23N3O2/c1-6-7-10(4)16-11(5)12(14-15-16)13(17)18-8-9(2)3/h9-10H,6-8H2,1-5H3. The Balaban J connectivity index is 2.76. The van der Waals surface area contributed by atoms with E-state index in [-0.39, 0.29) is 12.0 Å². The monoisotopic (exact) mass is 253 g/mol. The van der Waals surface area contributed by atoms with Crippen LogP contribution in [0.1, 0.15) is 62.8 Å². The van der Waals surface area contributed by atoms with Gasteiger partial charge in [-0.15, -0.1) is 5.10 Å². The van der Waals surface area contributed by atoms with E-state index >= 15 is 0 Å². The predicted octanol–water partition coefficient (Wildman–Crippen LogP) is 2.76. The van der Waals surface area contributed by atoms with Crippen molar-refractivity contribution in [2.24, 2.45) is 5.92 Å². The minimum absolute atomic E-state index is 0.258. The molecule has 102 valence electrons. The van der Waals surface area contributed by atoms with Crippen LogP contribution in [0.2, 0.25) is 0 Å². The summed E-state index contributed by atoms with van der Waals surface area (Å²) >= 11 is 0. The van der Waals surface area contributed by atoms with E-state index in [1.807, 2.05) is 20.8 Å². The number of esters is 1. The Hall–Kier alpha value is -1.39. The highest BCUT2D eigenvalue weighted by atomic mass is 16.5. The molecule has 0 N–H and O–H groups in total. The van der Waals surface area contributed by atoms with Crippen molar-refractivity contribution in [2.45, 2.75) is 53.5 Å². The second kappa shape index (κ2) is 6.52. The molecule has 0 saturated heterocycles. The van der Waals surface area contributed by atoms with E-state index in [1.54, 1.807) is 4.68 Å². The molecule has 0 fully saturated rings. The fourth-order valence-corrected chi connectivity index (χ4v) is 1.80.